The van der Waals surface area contributed by atoms with Crippen molar-refractivity contribution in [2.45, 2.75) is 13.5 Å². The van der Waals surface area contributed by atoms with Crippen LogP contribution in [0.4, 0.5) is 18.9 Å². The first-order valence-corrected chi connectivity index (χ1v) is 6.22. The fourth-order valence-electron chi connectivity index (χ4n) is 1.63. The zero-order valence-corrected chi connectivity index (χ0v) is 11.6. The van der Waals surface area contributed by atoms with E-state index in [1.165, 1.54) is 0 Å². The van der Waals surface area contributed by atoms with Crippen LogP contribution in [0.25, 0.3) is 0 Å². The number of hydrogen-bond acceptors (Lipinski definition) is 3. The quantitative estimate of drug-likeness (QED) is 0.827. The summed E-state index contributed by atoms with van der Waals surface area (Å²) in [4.78, 5) is 0. The molecule has 2 aromatic carbocycles. The average Bonchev–Trinajstić information content (AvgIpc) is 2.39. The predicted molar refractivity (Wildman–Crippen MR) is 73.7 cm³/mol. The van der Waals surface area contributed by atoms with E-state index in [-0.39, 0.29) is 17.2 Å². The number of rotatable bonds is 4. The zero-order valence-electron chi connectivity index (χ0n) is 10.9. The molecule has 0 aliphatic carbocycles. The number of nitrogen functional groups attached to an aromatic ring is 1. The van der Waals surface area contributed by atoms with Gasteiger partial charge in [-0.2, -0.15) is 8.78 Å². The Bertz CT molecular complexity index is 665. The Labute approximate surface area is 124 Å². The van der Waals surface area contributed by atoms with Crippen molar-refractivity contribution in [2.24, 2.45) is 0 Å². The minimum atomic E-state index is -3.15. The Kier molecular flexibility index (Phi) is 4.47. The van der Waals surface area contributed by atoms with Gasteiger partial charge in [0.15, 0.2) is 17.3 Å². The van der Waals surface area contributed by atoms with Crippen LogP contribution in [0.3, 0.4) is 0 Å². The Morgan fingerprint density at radius 1 is 1.10 bits per heavy atom. The van der Waals surface area contributed by atoms with Gasteiger partial charge < -0.3 is 15.2 Å². The maximum absolute atomic E-state index is 13.5. The summed E-state index contributed by atoms with van der Waals surface area (Å²) >= 11 is 5.96. The summed E-state index contributed by atoms with van der Waals surface area (Å²) < 4.78 is 47.3. The van der Waals surface area contributed by atoms with Gasteiger partial charge >= 0.3 is 6.61 Å². The first-order chi connectivity index (χ1) is 9.86. The maximum Gasteiger partial charge on any atom is 0.387 e. The number of hydrogen-bond donors (Lipinski definition) is 1. The smallest absolute Gasteiger partial charge is 0.387 e. The van der Waals surface area contributed by atoms with Crippen molar-refractivity contribution >= 4 is 17.3 Å². The molecule has 21 heavy (non-hydrogen) atoms. The van der Waals surface area contributed by atoms with Gasteiger partial charge in [0.25, 0.3) is 0 Å². The van der Waals surface area contributed by atoms with Gasteiger partial charge in [-0.15, -0.1) is 0 Å². The second-order valence-corrected chi connectivity index (χ2v) is 4.64. The van der Waals surface area contributed by atoms with E-state index in [2.05, 4.69) is 4.74 Å². The van der Waals surface area contributed by atoms with Gasteiger partial charge in [-0.25, -0.2) is 4.39 Å². The minimum absolute atomic E-state index is 0.0282. The van der Waals surface area contributed by atoms with Crippen LogP contribution in [-0.2, 0) is 0 Å². The van der Waals surface area contributed by atoms with Crippen LogP contribution in [0.15, 0.2) is 30.3 Å². The number of nitrogens with two attached hydrogens (primary N) is 1. The first kappa shape index (κ1) is 15.3. The van der Waals surface area contributed by atoms with Gasteiger partial charge in [0.2, 0.25) is 0 Å². The number of halogens is 4. The highest BCUT2D eigenvalue weighted by Gasteiger charge is 2.15. The van der Waals surface area contributed by atoms with E-state index in [9.17, 15) is 13.2 Å². The van der Waals surface area contributed by atoms with Crippen molar-refractivity contribution < 1.29 is 22.6 Å². The lowest BCUT2D eigenvalue weighted by Crippen LogP contribution is -2.05. The molecule has 0 unspecified atom stereocenters. The molecule has 0 bridgehead atoms. The van der Waals surface area contributed by atoms with E-state index in [0.717, 1.165) is 17.7 Å². The van der Waals surface area contributed by atoms with Crippen molar-refractivity contribution in [2.75, 3.05) is 5.73 Å². The number of ether oxygens (including phenoxy) is 2. The van der Waals surface area contributed by atoms with E-state index in [4.69, 9.17) is 22.1 Å². The molecule has 7 heteroatoms. The fourth-order valence-corrected chi connectivity index (χ4v) is 1.79. The molecule has 0 fully saturated rings. The van der Waals surface area contributed by atoms with Crippen molar-refractivity contribution in [3.8, 4) is 17.2 Å². The number of benzene rings is 2. The average molecular weight is 318 g/mol. The van der Waals surface area contributed by atoms with Gasteiger partial charge in [-0.3, -0.25) is 0 Å². The summed E-state index contributed by atoms with van der Waals surface area (Å²) in [6, 6.07) is 6.82. The molecule has 0 aliphatic rings. The molecule has 2 aromatic rings. The molecule has 0 aliphatic heterocycles. The second kappa shape index (κ2) is 6.13. The van der Waals surface area contributed by atoms with Gasteiger partial charge in [-0.1, -0.05) is 17.7 Å². The van der Waals surface area contributed by atoms with Crippen molar-refractivity contribution in [3.63, 3.8) is 0 Å². The third kappa shape index (κ3) is 3.72. The zero-order chi connectivity index (χ0) is 15.6. The van der Waals surface area contributed by atoms with Gasteiger partial charge in [0.1, 0.15) is 5.75 Å². The van der Waals surface area contributed by atoms with Crippen LogP contribution in [0.1, 0.15) is 5.56 Å². The van der Waals surface area contributed by atoms with Crippen LogP contribution in [0.2, 0.25) is 5.02 Å². The first-order valence-electron chi connectivity index (χ1n) is 5.84. The van der Waals surface area contributed by atoms with Crippen molar-refractivity contribution in [3.05, 3.63) is 46.7 Å². The molecule has 0 heterocycles. The topological polar surface area (TPSA) is 44.5 Å². The van der Waals surface area contributed by atoms with E-state index in [1.54, 1.807) is 18.2 Å². The number of aryl methyl sites for hydroxylation is 1. The Morgan fingerprint density at radius 3 is 2.48 bits per heavy atom. The highest BCUT2D eigenvalue weighted by atomic mass is 35.5. The standard InChI is InChI=1S/C14H11ClF3NO2/c1-7-2-3-8(15)11(4-7)20-13-6-12(21-14(17)18)9(16)5-10(13)19/h2-6,14H,19H2,1H3. The number of anilines is 1. The van der Waals surface area contributed by atoms with Crippen LogP contribution >= 0.6 is 11.6 Å². The molecule has 0 amide bonds. The summed E-state index contributed by atoms with van der Waals surface area (Å²) in [7, 11) is 0. The third-order valence-corrected chi connectivity index (χ3v) is 2.90. The highest BCUT2D eigenvalue weighted by Crippen LogP contribution is 2.36. The molecule has 3 nitrogen and oxygen atoms in total. The molecule has 2 N–H and O–H groups in total. The van der Waals surface area contributed by atoms with Gasteiger partial charge in [0, 0.05) is 12.1 Å². The van der Waals surface area contributed by atoms with Gasteiger partial charge in [-0.05, 0) is 24.6 Å². The van der Waals surface area contributed by atoms with Crippen LogP contribution in [0, 0.1) is 12.7 Å². The molecule has 0 radical (unpaired) electrons. The molecule has 0 saturated heterocycles. The largest absolute Gasteiger partial charge is 0.453 e. The third-order valence-electron chi connectivity index (χ3n) is 2.59. The second-order valence-electron chi connectivity index (χ2n) is 4.23. The highest BCUT2D eigenvalue weighted by molar-refractivity contribution is 6.32. The van der Waals surface area contributed by atoms with Crippen LogP contribution < -0.4 is 15.2 Å². The van der Waals surface area contributed by atoms with Crippen molar-refractivity contribution in [1.29, 1.82) is 0 Å². The molecule has 0 spiro atoms. The lowest BCUT2D eigenvalue weighted by Gasteiger charge is -2.13. The van der Waals surface area contributed by atoms with E-state index < -0.39 is 18.2 Å². The van der Waals surface area contributed by atoms with E-state index >= 15 is 0 Å². The molecule has 0 atom stereocenters. The van der Waals surface area contributed by atoms with E-state index in [0.29, 0.717) is 5.02 Å². The summed E-state index contributed by atoms with van der Waals surface area (Å²) in [6.07, 6.45) is 0. The molecule has 2 rings (SSSR count). The molecular formula is C14H11ClF3NO2. The molecular weight excluding hydrogens is 307 g/mol. The minimum Gasteiger partial charge on any atom is -0.453 e. The molecule has 0 aromatic heterocycles. The lowest BCUT2D eigenvalue weighted by molar-refractivity contribution is -0.0522. The van der Waals surface area contributed by atoms with Crippen molar-refractivity contribution in [1.82, 2.24) is 0 Å². The van der Waals surface area contributed by atoms with E-state index in [1.807, 2.05) is 6.92 Å². The fraction of sp³-hybridized carbons (Fsp3) is 0.143. The Hall–Kier alpha value is -2.08. The SMILES string of the molecule is Cc1ccc(Cl)c(Oc2cc(OC(F)F)c(F)cc2N)c1. The number of alkyl halides is 2. The Balaban J connectivity index is 2.37. The predicted octanol–water partition coefficient (Wildman–Crippen LogP) is 4.76. The molecule has 0 saturated carbocycles. The molecule has 112 valence electrons. The Morgan fingerprint density at radius 2 is 1.81 bits per heavy atom. The summed E-state index contributed by atoms with van der Waals surface area (Å²) in [5.41, 5.74) is 6.42. The summed E-state index contributed by atoms with van der Waals surface area (Å²) in [5, 5.41) is 0.306. The maximum atomic E-state index is 13.5. The normalized spacial score (nSPS) is 10.8. The summed E-state index contributed by atoms with van der Waals surface area (Å²) in [6.45, 7) is -1.33. The monoisotopic (exact) mass is 317 g/mol. The lowest BCUT2D eigenvalue weighted by atomic mass is 10.2. The van der Waals surface area contributed by atoms with Crippen LogP contribution in [0.5, 0.6) is 17.2 Å². The summed E-state index contributed by atoms with van der Waals surface area (Å²) in [5.74, 6) is -1.41. The van der Waals surface area contributed by atoms with Gasteiger partial charge in [0.05, 0.1) is 10.7 Å². The van der Waals surface area contributed by atoms with Crippen LogP contribution in [-0.4, -0.2) is 6.61 Å².